The van der Waals surface area contributed by atoms with Gasteiger partial charge in [-0.05, 0) is 31.0 Å². The molecule has 0 saturated heterocycles. The Morgan fingerprint density at radius 1 is 1.14 bits per heavy atom. The average molecular weight is 279 g/mol. The number of carbonyl (C=O) groups is 1. The number of rotatable bonds is 4. The van der Waals surface area contributed by atoms with Gasteiger partial charge in [-0.25, -0.2) is 0 Å². The zero-order chi connectivity index (χ0) is 15.4. The second-order valence-electron chi connectivity index (χ2n) is 5.02. The molecule has 0 spiro atoms. The number of carbonyl (C=O) groups excluding carboxylic acids is 1. The monoisotopic (exact) mass is 279 g/mol. The Hall–Kier alpha value is -2.60. The number of benzene rings is 2. The van der Waals surface area contributed by atoms with Crippen molar-refractivity contribution in [1.82, 2.24) is 0 Å². The molecule has 3 nitrogen and oxygen atoms in total. The lowest BCUT2D eigenvalue weighted by Crippen LogP contribution is -2.11. The molecule has 1 unspecified atom stereocenters. The SMILES string of the molecule is COc1cc(C(C#N)C(=O)c2ccc(C)cc2)ccc1C. The fourth-order valence-electron chi connectivity index (χ4n) is 2.19. The molecule has 0 saturated carbocycles. The van der Waals surface area contributed by atoms with Gasteiger partial charge in [0.15, 0.2) is 5.78 Å². The molecule has 2 aromatic rings. The number of Topliss-reactive ketones (excluding diaryl/α,β-unsaturated/α-hetero) is 1. The summed E-state index contributed by atoms with van der Waals surface area (Å²) in [5, 5.41) is 9.39. The first kappa shape index (κ1) is 14.8. The van der Waals surface area contributed by atoms with Gasteiger partial charge in [-0.3, -0.25) is 4.79 Å². The molecule has 0 aromatic heterocycles. The lowest BCUT2D eigenvalue weighted by molar-refractivity contribution is 0.0979. The van der Waals surface area contributed by atoms with Crippen LogP contribution < -0.4 is 4.74 Å². The maximum atomic E-state index is 12.5. The quantitative estimate of drug-likeness (QED) is 0.800. The standard InChI is InChI=1S/C18H17NO2/c1-12-4-7-14(8-5-12)18(20)16(11-19)15-9-6-13(2)17(10-15)21-3/h4-10,16H,1-3H3. The summed E-state index contributed by atoms with van der Waals surface area (Å²) in [6, 6.07) is 14.8. The second kappa shape index (κ2) is 6.23. The minimum atomic E-state index is -0.817. The maximum Gasteiger partial charge on any atom is 0.184 e. The molecule has 1 atom stereocenters. The zero-order valence-corrected chi connectivity index (χ0v) is 12.4. The van der Waals surface area contributed by atoms with E-state index in [0.29, 0.717) is 16.9 Å². The highest BCUT2D eigenvalue weighted by atomic mass is 16.5. The number of nitriles is 1. The highest BCUT2D eigenvalue weighted by molar-refractivity contribution is 6.02. The van der Waals surface area contributed by atoms with Crippen LogP contribution in [0, 0.1) is 25.2 Å². The summed E-state index contributed by atoms with van der Waals surface area (Å²) in [4.78, 5) is 12.5. The van der Waals surface area contributed by atoms with Crippen LogP contribution in [0.3, 0.4) is 0 Å². The molecule has 0 N–H and O–H groups in total. The topological polar surface area (TPSA) is 50.1 Å². The van der Waals surface area contributed by atoms with Crippen LogP contribution in [0.15, 0.2) is 42.5 Å². The van der Waals surface area contributed by atoms with Gasteiger partial charge in [0.1, 0.15) is 11.7 Å². The first-order valence-corrected chi connectivity index (χ1v) is 6.72. The Morgan fingerprint density at radius 3 is 2.38 bits per heavy atom. The number of hydrogen-bond acceptors (Lipinski definition) is 3. The molecule has 3 heteroatoms. The summed E-state index contributed by atoms with van der Waals surface area (Å²) in [6.45, 7) is 3.88. The smallest absolute Gasteiger partial charge is 0.184 e. The Kier molecular flexibility index (Phi) is 4.39. The predicted octanol–water partition coefficient (Wildman–Crippen LogP) is 3.80. The highest BCUT2D eigenvalue weighted by Crippen LogP contribution is 2.26. The van der Waals surface area contributed by atoms with E-state index in [0.717, 1.165) is 11.1 Å². The van der Waals surface area contributed by atoms with Crippen LogP contribution in [-0.2, 0) is 0 Å². The van der Waals surface area contributed by atoms with Gasteiger partial charge in [0, 0.05) is 5.56 Å². The van der Waals surface area contributed by atoms with E-state index >= 15 is 0 Å². The van der Waals surface area contributed by atoms with Crippen LogP contribution >= 0.6 is 0 Å². The van der Waals surface area contributed by atoms with Crippen molar-refractivity contribution in [2.24, 2.45) is 0 Å². The lowest BCUT2D eigenvalue weighted by atomic mass is 9.91. The van der Waals surface area contributed by atoms with E-state index in [1.807, 2.05) is 32.0 Å². The van der Waals surface area contributed by atoms with Gasteiger partial charge in [0.25, 0.3) is 0 Å². The molecule has 0 radical (unpaired) electrons. The van der Waals surface area contributed by atoms with Crippen molar-refractivity contribution in [3.05, 3.63) is 64.7 Å². The summed E-state index contributed by atoms with van der Waals surface area (Å²) in [6.07, 6.45) is 0. The summed E-state index contributed by atoms with van der Waals surface area (Å²) >= 11 is 0. The van der Waals surface area contributed by atoms with E-state index < -0.39 is 5.92 Å². The van der Waals surface area contributed by atoms with Crippen molar-refractivity contribution >= 4 is 5.78 Å². The predicted molar refractivity (Wildman–Crippen MR) is 81.6 cm³/mol. The lowest BCUT2D eigenvalue weighted by Gasteiger charge is -2.12. The van der Waals surface area contributed by atoms with Crippen molar-refractivity contribution in [2.45, 2.75) is 19.8 Å². The Labute approximate surface area is 124 Å². The molecule has 0 bridgehead atoms. The summed E-state index contributed by atoms with van der Waals surface area (Å²) in [5.41, 5.74) is 3.26. The van der Waals surface area contributed by atoms with E-state index in [9.17, 15) is 10.1 Å². The number of ketones is 1. The Bertz CT molecular complexity index is 696. The first-order chi connectivity index (χ1) is 10.1. The van der Waals surface area contributed by atoms with Gasteiger partial charge in [0.2, 0.25) is 0 Å². The Balaban J connectivity index is 2.38. The summed E-state index contributed by atoms with van der Waals surface area (Å²) in [7, 11) is 1.58. The molecule has 0 heterocycles. The number of hydrogen-bond donors (Lipinski definition) is 0. The van der Waals surface area contributed by atoms with Gasteiger partial charge in [-0.1, -0.05) is 42.0 Å². The first-order valence-electron chi connectivity index (χ1n) is 6.72. The van der Waals surface area contributed by atoms with Gasteiger partial charge < -0.3 is 4.74 Å². The van der Waals surface area contributed by atoms with Gasteiger partial charge in [-0.2, -0.15) is 5.26 Å². The zero-order valence-electron chi connectivity index (χ0n) is 12.4. The largest absolute Gasteiger partial charge is 0.496 e. The number of ether oxygens (including phenoxy) is 1. The third kappa shape index (κ3) is 3.11. The molecule has 0 aliphatic rings. The number of nitrogens with zero attached hydrogens (tertiary/aromatic N) is 1. The molecule has 21 heavy (non-hydrogen) atoms. The van der Waals surface area contributed by atoms with E-state index in [4.69, 9.17) is 4.74 Å². The minimum Gasteiger partial charge on any atom is -0.496 e. The maximum absolute atomic E-state index is 12.5. The van der Waals surface area contributed by atoms with Gasteiger partial charge in [0.05, 0.1) is 13.2 Å². The third-order valence-electron chi connectivity index (χ3n) is 3.49. The van der Waals surface area contributed by atoms with Crippen molar-refractivity contribution in [3.8, 4) is 11.8 Å². The van der Waals surface area contributed by atoms with E-state index in [-0.39, 0.29) is 5.78 Å². The van der Waals surface area contributed by atoms with Crippen molar-refractivity contribution in [2.75, 3.05) is 7.11 Å². The fourth-order valence-corrected chi connectivity index (χ4v) is 2.19. The molecular formula is C18H17NO2. The average Bonchev–Trinajstić information content (AvgIpc) is 2.50. The molecule has 106 valence electrons. The van der Waals surface area contributed by atoms with E-state index in [2.05, 4.69) is 6.07 Å². The van der Waals surface area contributed by atoms with Crippen LogP contribution in [0.4, 0.5) is 0 Å². The second-order valence-corrected chi connectivity index (χ2v) is 5.02. The van der Waals surface area contributed by atoms with Crippen LogP contribution in [-0.4, -0.2) is 12.9 Å². The van der Waals surface area contributed by atoms with Gasteiger partial charge in [-0.15, -0.1) is 0 Å². The van der Waals surface area contributed by atoms with E-state index in [1.54, 1.807) is 31.4 Å². The van der Waals surface area contributed by atoms with Crippen LogP contribution in [0.1, 0.15) is 33.0 Å². The molecule has 2 aromatic carbocycles. The molecule has 2 rings (SSSR count). The minimum absolute atomic E-state index is 0.191. The molecule has 0 aliphatic heterocycles. The Morgan fingerprint density at radius 2 is 1.81 bits per heavy atom. The summed E-state index contributed by atoms with van der Waals surface area (Å²) < 4.78 is 5.26. The van der Waals surface area contributed by atoms with Crippen molar-refractivity contribution in [3.63, 3.8) is 0 Å². The molecule has 0 fully saturated rings. The fraction of sp³-hybridized carbons (Fsp3) is 0.222. The normalized spacial score (nSPS) is 11.5. The molecule has 0 aliphatic carbocycles. The van der Waals surface area contributed by atoms with Crippen LogP contribution in [0.25, 0.3) is 0 Å². The van der Waals surface area contributed by atoms with Crippen molar-refractivity contribution in [1.29, 1.82) is 5.26 Å². The van der Waals surface area contributed by atoms with Gasteiger partial charge >= 0.3 is 0 Å². The molecular weight excluding hydrogens is 262 g/mol. The highest BCUT2D eigenvalue weighted by Gasteiger charge is 2.22. The summed E-state index contributed by atoms with van der Waals surface area (Å²) in [5.74, 6) is -0.324. The van der Waals surface area contributed by atoms with Crippen molar-refractivity contribution < 1.29 is 9.53 Å². The number of methoxy groups -OCH3 is 1. The van der Waals surface area contributed by atoms with Crippen LogP contribution in [0.2, 0.25) is 0 Å². The third-order valence-corrected chi connectivity index (χ3v) is 3.49. The number of aryl methyl sites for hydroxylation is 2. The molecule has 0 amide bonds. The van der Waals surface area contributed by atoms with Crippen LogP contribution in [0.5, 0.6) is 5.75 Å². The van der Waals surface area contributed by atoms with E-state index in [1.165, 1.54) is 0 Å².